The van der Waals surface area contributed by atoms with Gasteiger partial charge in [-0.3, -0.25) is 0 Å². The highest BCUT2D eigenvalue weighted by Crippen LogP contribution is 2.19. The molecule has 0 radical (unpaired) electrons. The third-order valence-electron chi connectivity index (χ3n) is 2.36. The van der Waals surface area contributed by atoms with Crippen molar-refractivity contribution in [2.45, 2.75) is 12.5 Å². The molecule has 0 amide bonds. The Morgan fingerprint density at radius 3 is 2.93 bits per heavy atom. The molecule has 4 heteroatoms. The molecular weight excluding hydrogens is 256 g/mol. The number of aliphatic imine (C=N–C) groups is 1. The van der Waals surface area contributed by atoms with Gasteiger partial charge in [0.15, 0.2) is 5.90 Å². The number of nitrogens with two attached hydrogens (primary N) is 1. The fourth-order valence-electron chi connectivity index (χ4n) is 1.60. The molecule has 1 heterocycles. The summed E-state index contributed by atoms with van der Waals surface area (Å²) in [5, 5.41) is 0. The van der Waals surface area contributed by atoms with Crippen molar-refractivity contribution in [3.8, 4) is 0 Å². The predicted octanol–water partition coefficient (Wildman–Crippen LogP) is 1.75. The summed E-state index contributed by atoms with van der Waals surface area (Å²) < 4.78 is 6.46. The maximum atomic E-state index is 5.45. The fraction of sp³-hybridized carbons (Fsp3) is 0.364. The standard InChI is InChI=1S/C11H13BrN2O/c12-10-4-2-1-3-8(10)5-9-7-15-11(6-13)14-9/h1-4,9H,5-7,13H2. The lowest BCUT2D eigenvalue weighted by atomic mass is 10.1. The zero-order valence-electron chi connectivity index (χ0n) is 8.32. The molecule has 2 N–H and O–H groups in total. The van der Waals surface area contributed by atoms with Crippen LogP contribution in [0, 0.1) is 0 Å². The van der Waals surface area contributed by atoms with Crippen molar-refractivity contribution in [2.24, 2.45) is 10.7 Å². The first-order valence-corrected chi connectivity index (χ1v) is 5.72. The number of hydrogen-bond acceptors (Lipinski definition) is 3. The molecule has 0 spiro atoms. The van der Waals surface area contributed by atoms with Gasteiger partial charge in [0.25, 0.3) is 0 Å². The number of benzene rings is 1. The molecule has 1 unspecified atom stereocenters. The van der Waals surface area contributed by atoms with E-state index in [0.717, 1.165) is 10.9 Å². The van der Waals surface area contributed by atoms with E-state index in [1.54, 1.807) is 0 Å². The maximum absolute atomic E-state index is 5.45. The van der Waals surface area contributed by atoms with Gasteiger partial charge in [0.2, 0.25) is 0 Å². The second-order valence-corrected chi connectivity index (χ2v) is 4.34. The van der Waals surface area contributed by atoms with Crippen LogP contribution in [0.3, 0.4) is 0 Å². The van der Waals surface area contributed by atoms with Gasteiger partial charge < -0.3 is 10.5 Å². The molecule has 3 nitrogen and oxygen atoms in total. The van der Waals surface area contributed by atoms with Gasteiger partial charge in [0.05, 0.1) is 12.6 Å². The summed E-state index contributed by atoms with van der Waals surface area (Å²) in [6.45, 7) is 1.04. The van der Waals surface area contributed by atoms with Crippen molar-refractivity contribution in [1.29, 1.82) is 0 Å². The third-order valence-corrected chi connectivity index (χ3v) is 3.13. The first-order valence-electron chi connectivity index (χ1n) is 4.92. The molecule has 15 heavy (non-hydrogen) atoms. The van der Waals surface area contributed by atoms with Gasteiger partial charge in [-0.2, -0.15) is 0 Å². The van der Waals surface area contributed by atoms with Crippen molar-refractivity contribution in [2.75, 3.05) is 13.2 Å². The number of ether oxygens (including phenoxy) is 1. The van der Waals surface area contributed by atoms with Crippen LogP contribution in [-0.2, 0) is 11.2 Å². The van der Waals surface area contributed by atoms with Gasteiger partial charge in [-0.1, -0.05) is 34.1 Å². The van der Waals surface area contributed by atoms with Crippen LogP contribution in [0.5, 0.6) is 0 Å². The first kappa shape index (κ1) is 10.6. The van der Waals surface area contributed by atoms with Crippen molar-refractivity contribution in [1.82, 2.24) is 0 Å². The SMILES string of the molecule is NCC1=NC(Cc2ccccc2Br)CO1. The van der Waals surface area contributed by atoms with Crippen molar-refractivity contribution in [3.63, 3.8) is 0 Å². The molecule has 80 valence electrons. The van der Waals surface area contributed by atoms with Crippen molar-refractivity contribution >= 4 is 21.8 Å². The lowest BCUT2D eigenvalue weighted by Gasteiger charge is -2.06. The van der Waals surface area contributed by atoms with E-state index in [2.05, 4.69) is 27.0 Å². The smallest absolute Gasteiger partial charge is 0.197 e. The Hall–Kier alpha value is -0.870. The van der Waals surface area contributed by atoms with Crippen LogP contribution in [0.1, 0.15) is 5.56 Å². The number of halogens is 1. The van der Waals surface area contributed by atoms with Crippen LogP contribution in [0.2, 0.25) is 0 Å². The Kier molecular flexibility index (Phi) is 3.38. The van der Waals surface area contributed by atoms with Crippen LogP contribution in [0.4, 0.5) is 0 Å². The lowest BCUT2D eigenvalue weighted by Crippen LogP contribution is -2.13. The molecule has 0 saturated heterocycles. The lowest BCUT2D eigenvalue weighted by molar-refractivity contribution is 0.312. The normalized spacial score (nSPS) is 19.9. The Balaban J connectivity index is 2.04. The van der Waals surface area contributed by atoms with E-state index in [1.807, 2.05) is 18.2 Å². The molecule has 1 aromatic carbocycles. The molecular formula is C11H13BrN2O. The molecule has 0 fully saturated rings. The average Bonchev–Trinajstić information content (AvgIpc) is 2.69. The van der Waals surface area contributed by atoms with Crippen LogP contribution >= 0.6 is 15.9 Å². The highest BCUT2D eigenvalue weighted by atomic mass is 79.9. The van der Waals surface area contributed by atoms with E-state index in [0.29, 0.717) is 19.0 Å². The summed E-state index contributed by atoms with van der Waals surface area (Å²) in [6, 6.07) is 8.39. The zero-order chi connectivity index (χ0) is 10.7. The average molecular weight is 269 g/mol. The third kappa shape index (κ3) is 2.58. The summed E-state index contributed by atoms with van der Waals surface area (Å²) >= 11 is 3.52. The number of nitrogens with zero attached hydrogens (tertiary/aromatic N) is 1. The Bertz CT molecular complexity index is 379. The van der Waals surface area contributed by atoms with Gasteiger partial charge in [-0.05, 0) is 18.1 Å². The molecule has 0 bridgehead atoms. The van der Waals surface area contributed by atoms with Gasteiger partial charge in [-0.15, -0.1) is 0 Å². The molecule has 1 atom stereocenters. The zero-order valence-corrected chi connectivity index (χ0v) is 9.90. The van der Waals surface area contributed by atoms with Crippen LogP contribution in [0.25, 0.3) is 0 Å². The quantitative estimate of drug-likeness (QED) is 0.908. The van der Waals surface area contributed by atoms with E-state index in [1.165, 1.54) is 5.56 Å². The molecule has 2 rings (SSSR count). The highest BCUT2D eigenvalue weighted by molar-refractivity contribution is 9.10. The van der Waals surface area contributed by atoms with Crippen molar-refractivity contribution < 1.29 is 4.74 Å². The minimum Gasteiger partial charge on any atom is -0.478 e. The molecule has 0 aliphatic carbocycles. The molecule has 0 aromatic heterocycles. The summed E-state index contributed by atoms with van der Waals surface area (Å²) in [5.41, 5.74) is 6.71. The maximum Gasteiger partial charge on any atom is 0.197 e. The number of rotatable bonds is 3. The number of hydrogen-bond donors (Lipinski definition) is 1. The first-order chi connectivity index (χ1) is 7.29. The monoisotopic (exact) mass is 268 g/mol. The topological polar surface area (TPSA) is 47.6 Å². The van der Waals surface area contributed by atoms with E-state index < -0.39 is 0 Å². The summed E-state index contributed by atoms with van der Waals surface area (Å²) in [7, 11) is 0. The van der Waals surface area contributed by atoms with Crippen LogP contribution < -0.4 is 5.73 Å². The Morgan fingerprint density at radius 2 is 2.27 bits per heavy atom. The molecule has 1 aromatic rings. The van der Waals surface area contributed by atoms with Crippen LogP contribution in [0.15, 0.2) is 33.7 Å². The van der Waals surface area contributed by atoms with Crippen LogP contribution in [-0.4, -0.2) is 25.1 Å². The van der Waals surface area contributed by atoms with E-state index >= 15 is 0 Å². The Morgan fingerprint density at radius 1 is 1.47 bits per heavy atom. The summed E-state index contributed by atoms with van der Waals surface area (Å²) in [5.74, 6) is 0.673. The summed E-state index contributed by atoms with van der Waals surface area (Å²) in [6.07, 6.45) is 0.894. The predicted molar refractivity (Wildman–Crippen MR) is 64.1 cm³/mol. The molecule has 0 saturated carbocycles. The van der Waals surface area contributed by atoms with Gasteiger partial charge in [0.1, 0.15) is 6.61 Å². The Labute approximate surface area is 97.5 Å². The van der Waals surface area contributed by atoms with Gasteiger partial charge >= 0.3 is 0 Å². The minimum absolute atomic E-state index is 0.210. The fourth-order valence-corrected chi connectivity index (χ4v) is 2.05. The van der Waals surface area contributed by atoms with E-state index in [4.69, 9.17) is 10.5 Å². The van der Waals surface area contributed by atoms with Gasteiger partial charge in [0, 0.05) is 4.47 Å². The molecule has 1 aliphatic rings. The highest BCUT2D eigenvalue weighted by Gasteiger charge is 2.18. The van der Waals surface area contributed by atoms with E-state index in [9.17, 15) is 0 Å². The van der Waals surface area contributed by atoms with Gasteiger partial charge in [-0.25, -0.2) is 4.99 Å². The molecule has 1 aliphatic heterocycles. The van der Waals surface area contributed by atoms with Crippen molar-refractivity contribution in [3.05, 3.63) is 34.3 Å². The van der Waals surface area contributed by atoms with E-state index in [-0.39, 0.29) is 6.04 Å². The second kappa shape index (κ2) is 4.77. The minimum atomic E-state index is 0.210. The largest absolute Gasteiger partial charge is 0.478 e. The summed E-state index contributed by atoms with van der Waals surface area (Å²) in [4.78, 5) is 4.39. The second-order valence-electron chi connectivity index (χ2n) is 3.49.